The van der Waals surface area contributed by atoms with Crippen LogP contribution in [-0.2, 0) is 0 Å². The molecule has 1 saturated heterocycles. The normalized spacial score (nSPS) is 20.3. The molecule has 1 saturated carbocycles. The summed E-state index contributed by atoms with van der Waals surface area (Å²) in [7, 11) is 2.11. The Morgan fingerprint density at radius 1 is 1.05 bits per heavy atom. The van der Waals surface area contributed by atoms with Gasteiger partial charge in [0, 0.05) is 19.6 Å². The summed E-state index contributed by atoms with van der Waals surface area (Å²) < 4.78 is 0. The van der Waals surface area contributed by atoms with Crippen molar-refractivity contribution in [3.63, 3.8) is 0 Å². The van der Waals surface area contributed by atoms with Gasteiger partial charge in [0.25, 0.3) is 0 Å². The number of hydrogen-bond donors (Lipinski definition) is 1. The van der Waals surface area contributed by atoms with E-state index in [-0.39, 0.29) is 24.8 Å². The minimum Gasteiger partial charge on any atom is -0.370 e. The number of likely N-dealkylation sites (tertiary alicyclic amines) is 1. The number of guanidine groups is 1. The fourth-order valence-electron chi connectivity index (χ4n) is 3.41. The van der Waals surface area contributed by atoms with Crippen LogP contribution in [0.5, 0.6) is 0 Å². The zero-order valence-corrected chi connectivity index (χ0v) is 15.6. The number of aliphatic imine (C=N–C) groups is 1. The molecule has 2 rings (SSSR count). The van der Waals surface area contributed by atoms with E-state index < -0.39 is 0 Å². The Labute approximate surface area is 148 Å². The molecule has 22 heavy (non-hydrogen) atoms. The van der Waals surface area contributed by atoms with E-state index in [1.54, 1.807) is 0 Å². The number of nitrogens with two attached hydrogens (primary N) is 1. The first-order valence-corrected chi connectivity index (χ1v) is 8.52. The molecule has 2 aliphatic rings. The van der Waals surface area contributed by atoms with Crippen LogP contribution in [0.1, 0.15) is 57.8 Å². The van der Waals surface area contributed by atoms with Gasteiger partial charge in [-0.1, -0.05) is 19.3 Å². The first-order chi connectivity index (χ1) is 9.77. The lowest BCUT2D eigenvalue weighted by Crippen LogP contribution is -2.42. The van der Waals surface area contributed by atoms with Crippen molar-refractivity contribution in [2.24, 2.45) is 10.7 Å². The van der Waals surface area contributed by atoms with E-state index in [4.69, 9.17) is 5.73 Å². The molecule has 0 radical (unpaired) electrons. The van der Waals surface area contributed by atoms with E-state index in [1.807, 2.05) is 0 Å². The summed E-state index contributed by atoms with van der Waals surface area (Å²) in [6, 6.07) is 0.622. The molecule has 0 amide bonds. The van der Waals surface area contributed by atoms with Gasteiger partial charge in [-0.25, -0.2) is 0 Å². The van der Waals surface area contributed by atoms with Crippen molar-refractivity contribution in [1.82, 2.24) is 9.80 Å². The molecule has 2 fully saturated rings. The second-order valence-corrected chi connectivity index (χ2v) is 6.40. The highest BCUT2D eigenvalue weighted by atomic mass is 35.5. The molecule has 6 heteroatoms. The summed E-state index contributed by atoms with van der Waals surface area (Å²) in [6.07, 6.45) is 11.8. The van der Waals surface area contributed by atoms with Gasteiger partial charge in [0.1, 0.15) is 0 Å². The van der Waals surface area contributed by atoms with Gasteiger partial charge in [-0.15, -0.1) is 24.8 Å². The Morgan fingerprint density at radius 3 is 2.32 bits per heavy atom. The van der Waals surface area contributed by atoms with Crippen LogP contribution >= 0.6 is 24.8 Å². The molecule has 0 aromatic carbocycles. The lowest BCUT2D eigenvalue weighted by molar-refractivity contribution is 0.275. The van der Waals surface area contributed by atoms with Crippen molar-refractivity contribution in [3.8, 4) is 0 Å². The topological polar surface area (TPSA) is 44.9 Å². The predicted molar refractivity (Wildman–Crippen MR) is 101 cm³/mol. The van der Waals surface area contributed by atoms with E-state index in [9.17, 15) is 0 Å². The molecule has 0 spiro atoms. The van der Waals surface area contributed by atoms with E-state index in [2.05, 4.69) is 21.8 Å². The van der Waals surface area contributed by atoms with Crippen LogP contribution in [0.2, 0.25) is 0 Å². The highest BCUT2D eigenvalue weighted by Crippen LogP contribution is 2.21. The van der Waals surface area contributed by atoms with E-state index in [1.165, 1.54) is 71.0 Å². The van der Waals surface area contributed by atoms with Gasteiger partial charge in [0.05, 0.1) is 0 Å². The summed E-state index contributed by atoms with van der Waals surface area (Å²) in [5, 5.41) is 0. The summed E-state index contributed by atoms with van der Waals surface area (Å²) in [5.74, 6) is 0.748. The maximum Gasteiger partial charge on any atom is 0.191 e. The van der Waals surface area contributed by atoms with E-state index in [0.717, 1.165) is 18.9 Å². The minimum absolute atomic E-state index is 0. The molecule has 4 nitrogen and oxygen atoms in total. The summed E-state index contributed by atoms with van der Waals surface area (Å²) in [5.41, 5.74) is 6.12. The van der Waals surface area contributed by atoms with Crippen LogP contribution in [0, 0.1) is 0 Å². The maximum absolute atomic E-state index is 6.12. The smallest absolute Gasteiger partial charge is 0.191 e. The highest BCUT2D eigenvalue weighted by molar-refractivity contribution is 5.85. The molecular formula is C16H34Cl2N4. The zero-order chi connectivity index (χ0) is 14.2. The summed E-state index contributed by atoms with van der Waals surface area (Å²) in [6.45, 7) is 4.73. The number of rotatable bonds is 6. The van der Waals surface area contributed by atoms with Gasteiger partial charge in [0.15, 0.2) is 5.96 Å². The predicted octanol–water partition coefficient (Wildman–Crippen LogP) is 3.29. The molecule has 0 bridgehead atoms. The Morgan fingerprint density at radius 2 is 1.68 bits per heavy atom. The van der Waals surface area contributed by atoms with Gasteiger partial charge in [-0.05, 0) is 58.2 Å². The van der Waals surface area contributed by atoms with Gasteiger partial charge in [0.2, 0.25) is 0 Å². The first kappa shape index (κ1) is 21.8. The van der Waals surface area contributed by atoms with Crippen molar-refractivity contribution in [2.45, 2.75) is 63.8 Å². The van der Waals surface area contributed by atoms with Gasteiger partial charge >= 0.3 is 0 Å². The van der Waals surface area contributed by atoms with Crippen LogP contribution in [0.15, 0.2) is 4.99 Å². The van der Waals surface area contributed by atoms with E-state index >= 15 is 0 Å². The summed E-state index contributed by atoms with van der Waals surface area (Å²) in [4.78, 5) is 9.34. The van der Waals surface area contributed by atoms with Crippen LogP contribution in [-0.4, -0.2) is 55.0 Å². The monoisotopic (exact) mass is 352 g/mol. The van der Waals surface area contributed by atoms with Crippen molar-refractivity contribution >= 4 is 30.8 Å². The third kappa shape index (κ3) is 7.38. The maximum atomic E-state index is 6.12. The van der Waals surface area contributed by atoms with Crippen LogP contribution in [0.25, 0.3) is 0 Å². The Balaban J connectivity index is 0.00000220. The number of hydrogen-bond acceptors (Lipinski definition) is 2. The lowest BCUT2D eigenvalue weighted by Gasteiger charge is -2.31. The van der Waals surface area contributed by atoms with Crippen molar-refractivity contribution in [1.29, 1.82) is 0 Å². The van der Waals surface area contributed by atoms with Gasteiger partial charge < -0.3 is 15.5 Å². The summed E-state index contributed by atoms with van der Waals surface area (Å²) >= 11 is 0. The zero-order valence-electron chi connectivity index (χ0n) is 14.0. The second kappa shape index (κ2) is 12.3. The third-order valence-electron chi connectivity index (χ3n) is 4.84. The Hall–Kier alpha value is -0.190. The average molecular weight is 353 g/mol. The average Bonchev–Trinajstić information content (AvgIpc) is 3.00. The lowest BCUT2D eigenvalue weighted by atomic mass is 9.95. The number of unbranched alkanes of at least 4 members (excludes halogenated alkanes) is 1. The fraction of sp³-hybridized carbons (Fsp3) is 0.938. The molecule has 2 N–H and O–H groups in total. The van der Waals surface area contributed by atoms with Crippen molar-refractivity contribution in [3.05, 3.63) is 0 Å². The quantitative estimate of drug-likeness (QED) is 0.453. The molecule has 1 heterocycles. The molecular weight excluding hydrogens is 319 g/mol. The third-order valence-corrected chi connectivity index (χ3v) is 4.84. The first-order valence-electron chi connectivity index (χ1n) is 8.52. The van der Waals surface area contributed by atoms with Gasteiger partial charge in [-0.2, -0.15) is 0 Å². The molecule has 132 valence electrons. The second-order valence-electron chi connectivity index (χ2n) is 6.40. The SMILES string of the molecule is CN(C(N)=NCCCCN1CCCC1)C1CCCCC1.Cl.Cl. The molecule has 0 aromatic rings. The largest absolute Gasteiger partial charge is 0.370 e. The van der Waals surface area contributed by atoms with Crippen molar-refractivity contribution < 1.29 is 0 Å². The molecule has 0 aromatic heterocycles. The molecule has 0 unspecified atom stereocenters. The number of halogens is 2. The van der Waals surface area contributed by atoms with Crippen LogP contribution in [0.3, 0.4) is 0 Å². The molecule has 0 atom stereocenters. The van der Waals surface area contributed by atoms with Gasteiger partial charge in [-0.3, -0.25) is 4.99 Å². The van der Waals surface area contributed by atoms with E-state index in [0.29, 0.717) is 6.04 Å². The fourth-order valence-corrected chi connectivity index (χ4v) is 3.41. The van der Waals surface area contributed by atoms with Crippen molar-refractivity contribution in [2.75, 3.05) is 33.2 Å². The van der Waals surface area contributed by atoms with Crippen LogP contribution in [0.4, 0.5) is 0 Å². The highest BCUT2D eigenvalue weighted by Gasteiger charge is 2.19. The Kier molecular flexibility index (Phi) is 12.2. The number of nitrogens with zero attached hydrogens (tertiary/aromatic N) is 3. The van der Waals surface area contributed by atoms with Crippen LogP contribution < -0.4 is 5.73 Å². The molecule has 1 aliphatic carbocycles. The minimum atomic E-state index is 0. The molecule has 1 aliphatic heterocycles. The standard InChI is InChI=1S/C16H32N4.2ClH/c1-19(15-9-3-2-4-10-15)16(17)18-11-5-6-12-20-13-7-8-14-20;;/h15H,2-14H2,1H3,(H2,17,18);2*1H. The Bertz CT molecular complexity index is 301.